The Kier molecular flexibility index (Phi) is 5.29. The Bertz CT molecular complexity index is 634. The van der Waals surface area contributed by atoms with Crippen molar-refractivity contribution in [3.63, 3.8) is 0 Å². The van der Waals surface area contributed by atoms with E-state index in [0.717, 1.165) is 0 Å². The number of hydrogen-bond acceptors (Lipinski definition) is 2. The van der Waals surface area contributed by atoms with Crippen LogP contribution in [0.5, 0.6) is 5.75 Å². The largest absolute Gasteiger partial charge is 0.484 e. The van der Waals surface area contributed by atoms with E-state index >= 15 is 0 Å². The minimum absolute atomic E-state index is 0.102. The zero-order valence-corrected chi connectivity index (χ0v) is 13.3. The lowest BCUT2D eigenvalue weighted by molar-refractivity contribution is -0.118. The Morgan fingerprint density at radius 2 is 1.90 bits per heavy atom. The van der Waals surface area contributed by atoms with Gasteiger partial charge < -0.3 is 10.1 Å². The van der Waals surface area contributed by atoms with Crippen molar-refractivity contribution < 1.29 is 9.53 Å². The summed E-state index contributed by atoms with van der Waals surface area (Å²) in [6.45, 7) is -0.102. The van der Waals surface area contributed by atoms with Gasteiger partial charge in [-0.2, -0.15) is 0 Å². The molecule has 0 spiro atoms. The summed E-state index contributed by atoms with van der Waals surface area (Å²) >= 11 is 15.0. The van der Waals surface area contributed by atoms with E-state index in [-0.39, 0.29) is 12.5 Å². The molecule has 2 aromatic carbocycles. The van der Waals surface area contributed by atoms with Crippen molar-refractivity contribution in [1.29, 1.82) is 0 Å². The SMILES string of the molecule is O=C(COc1cccc(Cl)c1)Nc1ccc(Cl)cc1Br. The van der Waals surface area contributed by atoms with Crippen molar-refractivity contribution in [1.82, 2.24) is 0 Å². The number of ether oxygens (including phenoxy) is 1. The molecule has 0 aliphatic heterocycles. The van der Waals surface area contributed by atoms with Gasteiger partial charge in [-0.05, 0) is 52.3 Å². The number of carbonyl (C=O) groups is 1. The third kappa shape index (κ3) is 4.40. The summed E-state index contributed by atoms with van der Waals surface area (Å²) in [4.78, 5) is 11.8. The minimum Gasteiger partial charge on any atom is -0.484 e. The number of halogens is 3. The molecule has 0 aliphatic rings. The van der Waals surface area contributed by atoms with Gasteiger partial charge in [0.05, 0.1) is 5.69 Å². The van der Waals surface area contributed by atoms with E-state index in [1.807, 2.05) is 0 Å². The quantitative estimate of drug-likeness (QED) is 0.836. The van der Waals surface area contributed by atoms with E-state index in [2.05, 4.69) is 21.2 Å². The van der Waals surface area contributed by atoms with Crippen molar-refractivity contribution in [2.45, 2.75) is 0 Å². The molecule has 104 valence electrons. The predicted octanol–water partition coefficient (Wildman–Crippen LogP) is 4.77. The molecule has 0 aliphatic carbocycles. The highest BCUT2D eigenvalue weighted by Gasteiger charge is 2.07. The molecule has 2 aromatic rings. The van der Waals surface area contributed by atoms with Crippen LogP contribution in [0, 0.1) is 0 Å². The van der Waals surface area contributed by atoms with E-state index in [0.29, 0.717) is 26.0 Å². The van der Waals surface area contributed by atoms with Crippen LogP contribution in [-0.2, 0) is 4.79 Å². The van der Waals surface area contributed by atoms with E-state index < -0.39 is 0 Å². The lowest BCUT2D eigenvalue weighted by Crippen LogP contribution is -2.20. The second-order valence-electron chi connectivity index (χ2n) is 3.92. The van der Waals surface area contributed by atoms with Gasteiger partial charge in [-0.1, -0.05) is 29.3 Å². The lowest BCUT2D eigenvalue weighted by Gasteiger charge is -2.09. The molecule has 0 bridgehead atoms. The highest BCUT2D eigenvalue weighted by molar-refractivity contribution is 9.10. The van der Waals surface area contributed by atoms with Crippen molar-refractivity contribution in [2.24, 2.45) is 0 Å². The van der Waals surface area contributed by atoms with E-state index in [1.54, 1.807) is 42.5 Å². The number of rotatable bonds is 4. The average molecular weight is 375 g/mol. The number of anilines is 1. The van der Waals surface area contributed by atoms with Crippen LogP contribution in [0.25, 0.3) is 0 Å². The standard InChI is InChI=1S/C14H10BrCl2NO2/c15-12-7-10(17)4-5-13(12)18-14(19)8-20-11-3-1-2-9(16)6-11/h1-7H,8H2,(H,18,19). The van der Waals surface area contributed by atoms with Crippen LogP contribution in [0.3, 0.4) is 0 Å². The summed E-state index contributed by atoms with van der Waals surface area (Å²) in [5.74, 6) is 0.274. The third-order valence-electron chi connectivity index (χ3n) is 2.37. The lowest BCUT2D eigenvalue weighted by atomic mass is 10.3. The summed E-state index contributed by atoms with van der Waals surface area (Å²) in [5, 5.41) is 3.87. The van der Waals surface area contributed by atoms with Gasteiger partial charge in [-0.25, -0.2) is 0 Å². The fourth-order valence-corrected chi connectivity index (χ4v) is 2.44. The summed E-state index contributed by atoms with van der Waals surface area (Å²) in [6.07, 6.45) is 0. The molecule has 0 aromatic heterocycles. The number of carbonyl (C=O) groups excluding carboxylic acids is 1. The van der Waals surface area contributed by atoms with Gasteiger partial charge in [0.1, 0.15) is 5.75 Å². The summed E-state index contributed by atoms with van der Waals surface area (Å²) < 4.78 is 6.06. The summed E-state index contributed by atoms with van der Waals surface area (Å²) in [6, 6.07) is 12.0. The maximum Gasteiger partial charge on any atom is 0.262 e. The first-order chi connectivity index (χ1) is 9.54. The second-order valence-corrected chi connectivity index (χ2v) is 5.65. The van der Waals surface area contributed by atoms with E-state index in [4.69, 9.17) is 27.9 Å². The van der Waals surface area contributed by atoms with Crippen LogP contribution in [0.15, 0.2) is 46.9 Å². The monoisotopic (exact) mass is 373 g/mol. The van der Waals surface area contributed by atoms with Gasteiger partial charge in [0.2, 0.25) is 0 Å². The van der Waals surface area contributed by atoms with Gasteiger partial charge in [0, 0.05) is 14.5 Å². The first-order valence-corrected chi connectivity index (χ1v) is 7.23. The molecular weight excluding hydrogens is 365 g/mol. The maximum absolute atomic E-state index is 11.8. The minimum atomic E-state index is -0.270. The van der Waals surface area contributed by atoms with Crippen LogP contribution in [-0.4, -0.2) is 12.5 Å². The first kappa shape index (κ1) is 15.2. The highest BCUT2D eigenvalue weighted by Crippen LogP contribution is 2.25. The number of hydrogen-bond donors (Lipinski definition) is 1. The summed E-state index contributed by atoms with van der Waals surface area (Å²) in [5.41, 5.74) is 0.633. The van der Waals surface area contributed by atoms with Crippen LogP contribution in [0.4, 0.5) is 5.69 Å². The normalized spacial score (nSPS) is 10.2. The summed E-state index contributed by atoms with van der Waals surface area (Å²) in [7, 11) is 0. The smallest absolute Gasteiger partial charge is 0.262 e. The fraction of sp³-hybridized carbons (Fsp3) is 0.0714. The van der Waals surface area contributed by atoms with E-state index in [9.17, 15) is 4.79 Å². The number of benzene rings is 2. The topological polar surface area (TPSA) is 38.3 Å². The molecule has 1 amide bonds. The number of nitrogens with one attached hydrogen (secondary N) is 1. The molecule has 6 heteroatoms. The molecule has 0 radical (unpaired) electrons. The molecule has 2 rings (SSSR count). The van der Waals surface area contributed by atoms with Crippen molar-refractivity contribution in [2.75, 3.05) is 11.9 Å². The highest BCUT2D eigenvalue weighted by atomic mass is 79.9. The van der Waals surface area contributed by atoms with Crippen molar-refractivity contribution >= 4 is 50.7 Å². The van der Waals surface area contributed by atoms with Gasteiger partial charge in [-0.3, -0.25) is 4.79 Å². The molecule has 0 atom stereocenters. The van der Waals surface area contributed by atoms with Gasteiger partial charge >= 0.3 is 0 Å². The Hall–Kier alpha value is -1.23. The Morgan fingerprint density at radius 3 is 2.60 bits per heavy atom. The van der Waals surface area contributed by atoms with Gasteiger partial charge in [-0.15, -0.1) is 0 Å². The third-order valence-corrected chi connectivity index (χ3v) is 3.50. The Morgan fingerprint density at radius 1 is 1.15 bits per heavy atom. The Labute approximate surface area is 135 Å². The van der Waals surface area contributed by atoms with Crippen molar-refractivity contribution in [3.8, 4) is 5.75 Å². The van der Waals surface area contributed by atoms with Gasteiger partial charge in [0.25, 0.3) is 5.91 Å². The molecule has 0 heterocycles. The molecule has 3 nitrogen and oxygen atoms in total. The zero-order chi connectivity index (χ0) is 14.5. The molecule has 0 fully saturated rings. The van der Waals surface area contributed by atoms with Crippen LogP contribution >= 0.6 is 39.1 Å². The van der Waals surface area contributed by atoms with Crippen LogP contribution in [0.1, 0.15) is 0 Å². The average Bonchev–Trinajstić information content (AvgIpc) is 2.40. The predicted molar refractivity (Wildman–Crippen MR) is 84.7 cm³/mol. The molecule has 0 saturated heterocycles. The molecule has 0 saturated carbocycles. The molecule has 1 N–H and O–H groups in total. The van der Waals surface area contributed by atoms with Crippen molar-refractivity contribution in [3.05, 3.63) is 57.0 Å². The number of amides is 1. The Balaban J connectivity index is 1.92. The van der Waals surface area contributed by atoms with Crippen LogP contribution in [0.2, 0.25) is 10.0 Å². The first-order valence-electron chi connectivity index (χ1n) is 5.68. The molecule has 0 unspecified atom stereocenters. The van der Waals surface area contributed by atoms with Gasteiger partial charge in [0.15, 0.2) is 6.61 Å². The fourth-order valence-electron chi connectivity index (χ4n) is 1.48. The molecular formula is C14H10BrCl2NO2. The van der Waals surface area contributed by atoms with E-state index in [1.165, 1.54) is 0 Å². The van der Waals surface area contributed by atoms with Crippen LogP contribution < -0.4 is 10.1 Å². The second kappa shape index (κ2) is 6.97. The zero-order valence-electron chi connectivity index (χ0n) is 10.2. The molecule has 20 heavy (non-hydrogen) atoms. The maximum atomic E-state index is 11.8.